The number of benzene rings is 1. The Morgan fingerprint density at radius 2 is 1.46 bits per heavy atom. The first-order chi connectivity index (χ1) is 17.2. The molecule has 0 bridgehead atoms. The summed E-state index contributed by atoms with van der Waals surface area (Å²) in [4.78, 5) is 30.2. The van der Waals surface area contributed by atoms with E-state index in [0.717, 1.165) is 56.2 Å². The van der Waals surface area contributed by atoms with Gasteiger partial charge >= 0.3 is 12.1 Å². The molecule has 0 aromatic heterocycles. The van der Waals surface area contributed by atoms with Gasteiger partial charge in [0.1, 0.15) is 17.0 Å². The number of carbonyl (C=O) groups is 2. The number of piperidine rings is 1. The van der Waals surface area contributed by atoms with Crippen molar-refractivity contribution < 1.29 is 23.5 Å². The monoisotopic (exact) mass is 516 g/mol. The largest absolute Gasteiger partial charge is 0.459 e. The first-order valence-electron chi connectivity index (χ1n) is 14.0. The van der Waals surface area contributed by atoms with Crippen molar-refractivity contribution in [3.63, 3.8) is 0 Å². The molecule has 0 radical (unpaired) electrons. The lowest BCUT2D eigenvalue weighted by atomic mass is 9.78. The first kappa shape index (κ1) is 27.9. The number of ether oxygens (including phenoxy) is 2. The molecule has 4 rings (SSSR count). The fourth-order valence-corrected chi connectivity index (χ4v) is 6.44. The third-order valence-corrected chi connectivity index (χ3v) is 8.22. The second-order valence-corrected chi connectivity index (χ2v) is 13.4. The van der Waals surface area contributed by atoms with Crippen LogP contribution in [-0.4, -0.2) is 58.2 Å². The standard InChI is InChI=1S/C30H45FN2O4/c1-27(2,3)36-25(34)30(11-7-8-12-30)23-18-22(19-24(31)20-23)21-33-15-9-10-29(33)13-16-32(17-14-29)26(35)37-28(4,5)6/h18-20H,7-17,21H2,1-6H3. The van der Waals surface area contributed by atoms with E-state index in [9.17, 15) is 9.59 Å². The van der Waals surface area contributed by atoms with Crippen molar-refractivity contribution in [2.24, 2.45) is 0 Å². The van der Waals surface area contributed by atoms with Crippen molar-refractivity contribution in [1.82, 2.24) is 9.80 Å². The molecule has 1 aromatic carbocycles. The number of hydrogen-bond acceptors (Lipinski definition) is 5. The molecule has 1 spiro atoms. The molecule has 0 N–H and O–H groups in total. The van der Waals surface area contributed by atoms with Crippen LogP contribution in [0, 0.1) is 5.82 Å². The van der Waals surface area contributed by atoms with Gasteiger partial charge in [-0.25, -0.2) is 9.18 Å². The van der Waals surface area contributed by atoms with E-state index >= 15 is 4.39 Å². The highest BCUT2D eigenvalue weighted by molar-refractivity contribution is 5.84. The molecule has 37 heavy (non-hydrogen) atoms. The fraction of sp³-hybridized carbons (Fsp3) is 0.733. The van der Waals surface area contributed by atoms with E-state index in [2.05, 4.69) is 4.90 Å². The van der Waals surface area contributed by atoms with Crippen LogP contribution in [-0.2, 0) is 26.2 Å². The molecule has 1 saturated carbocycles. The quantitative estimate of drug-likeness (QED) is 0.437. The highest BCUT2D eigenvalue weighted by atomic mass is 19.1. The van der Waals surface area contributed by atoms with Crippen molar-refractivity contribution in [3.8, 4) is 0 Å². The molecule has 3 fully saturated rings. The SMILES string of the molecule is CC(C)(C)OC(=O)N1CCC2(CCCN2Cc2cc(F)cc(C3(C(=O)OC(C)(C)C)CCCC3)c2)CC1. The van der Waals surface area contributed by atoms with Crippen LogP contribution in [0.3, 0.4) is 0 Å². The molecule has 2 saturated heterocycles. The Hall–Kier alpha value is -2.15. The molecule has 7 heteroatoms. The second kappa shape index (κ2) is 10.2. The van der Waals surface area contributed by atoms with Gasteiger partial charge in [0, 0.05) is 25.2 Å². The van der Waals surface area contributed by atoms with Crippen LogP contribution in [0.25, 0.3) is 0 Å². The van der Waals surface area contributed by atoms with E-state index in [1.807, 2.05) is 52.5 Å². The molecule has 2 heterocycles. The van der Waals surface area contributed by atoms with Gasteiger partial charge in [0.25, 0.3) is 0 Å². The zero-order valence-corrected chi connectivity index (χ0v) is 23.6. The van der Waals surface area contributed by atoms with Crippen LogP contribution >= 0.6 is 0 Å². The minimum atomic E-state index is -0.772. The summed E-state index contributed by atoms with van der Waals surface area (Å²) in [5.41, 5.74) is -0.189. The number of carbonyl (C=O) groups excluding carboxylic acids is 2. The summed E-state index contributed by atoms with van der Waals surface area (Å²) in [6.45, 7) is 14.2. The van der Waals surface area contributed by atoms with Gasteiger partial charge in [0.2, 0.25) is 0 Å². The topological polar surface area (TPSA) is 59.1 Å². The maximum absolute atomic E-state index is 15.0. The highest BCUT2D eigenvalue weighted by Gasteiger charge is 2.47. The van der Waals surface area contributed by atoms with E-state index in [0.29, 0.717) is 32.5 Å². The van der Waals surface area contributed by atoms with Crippen LogP contribution in [0.15, 0.2) is 18.2 Å². The number of hydrogen-bond donors (Lipinski definition) is 0. The van der Waals surface area contributed by atoms with E-state index in [4.69, 9.17) is 9.47 Å². The number of amides is 1. The first-order valence-corrected chi connectivity index (χ1v) is 14.0. The summed E-state index contributed by atoms with van der Waals surface area (Å²) >= 11 is 0. The Labute approximate surface area is 221 Å². The molecule has 1 aliphatic carbocycles. The summed E-state index contributed by atoms with van der Waals surface area (Å²) in [6, 6.07) is 5.20. The van der Waals surface area contributed by atoms with E-state index in [1.54, 1.807) is 6.07 Å². The number of halogens is 1. The zero-order valence-electron chi connectivity index (χ0n) is 23.6. The molecule has 0 atom stereocenters. The van der Waals surface area contributed by atoms with Crippen LogP contribution in [0.4, 0.5) is 9.18 Å². The summed E-state index contributed by atoms with van der Waals surface area (Å²) in [5.74, 6) is -0.531. The molecule has 1 aromatic rings. The van der Waals surface area contributed by atoms with Gasteiger partial charge in [0.15, 0.2) is 0 Å². The number of likely N-dealkylation sites (tertiary alicyclic amines) is 2. The minimum Gasteiger partial charge on any atom is -0.459 e. The average Bonchev–Trinajstić information content (AvgIpc) is 3.41. The van der Waals surface area contributed by atoms with Gasteiger partial charge in [-0.15, -0.1) is 0 Å². The van der Waals surface area contributed by atoms with Crippen molar-refractivity contribution in [2.45, 2.75) is 122 Å². The van der Waals surface area contributed by atoms with Crippen LogP contribution < -0.4 is 0 Å². The van der Waals surface area contributed by atoms with E-state index in [-0.39, 0.29) is 23.4 Å². The van der Waals surface area contributed by atoms with Crippen LogP contribution in [0.2, 0.25) is 0 Å². The summed E-state index contributed by atoms with van der Waals surface area (Å²) in [5, 5.41) is 0. The normalized spacial score (nSPS) is 21.9. The fourth-order valence-electron chi connectivity index (χ4n) is 6.44. The third-order valence-electron chi connectivity index (χ3n) is 8.22. The lowest BCUT2D eigenvalue weighted by molar-refractivity contribution is -0.162. The van der Waals surface area contributed by atoms with Crippen LogP contribution in [0.5, 0.6) is 0 Å². The smallest absolute Gasteiger partial charge is 0.410 e. The van der Waals surface area contributed by atoms with Gasteiger partial charge in [-0.2, -0.15) is 0 Å². The van der Waals surface area contributed by atoms with Crippen molar-refractivity contribution in [1.29, 1.82) is 0 Å². The third kappa shape index (κ3) is 6.30. The van der Waals surface area contributed by atoms with Gasteiger partial charge in [-0.05, 0) is 110 Å². The van der Waals surface area contributed by atoms with Gasteiger partial charge in [0.05, 0.1) is 5.41 Å². The lowest BCUT2D eigenvalue weighted by Gasteiger charge is -2.45. The maximum Gasteiger partial charge on any atom is 0.410 e. The number of rotatable bonds is 4. The number of esters is 1. The average molecular weight is 517 g/mol. The molecular formula is C30H45FN2O4. The lowest BCUT2D eigenvalue weighted by Crippen LogP contribution is -2.53. The molecule has 3 aliphatic rings. The molecule has 2 aliphatic heterocycles. The zero-order chi connectivity index (χ0) is 27.1. The van der Waals surface area contributed by atoms with Gasteiger partial charge in [-0.3, -0.25) is 9.69 Å². The Morgan fingerprint density at radius 1 is 0.838 bits per heavy atom. The predicted molar refractivity (Wildman–Crippen MR) is 142 cm³/mol. The molecule has 1 amide bonds. The predicted octanol–water partition coefficient (Wildman–Crippen LogP) is 6.34. The molecule has 206 valence electrons. The number of nitrogens with zero attached hydrogens (tertiary/aromatic N) is 2. The van der Waals surface area contributed by atoms with Gasteiger partial charge < -0.3 is 14.4 Å². The molecular weight excluding hydrogens is 471 g/mol. The molecule has 0 unspecified atom stereocenters. The Bertz CT molecular complexity index is 996. The van der Waals surface area contributed by atoms with E-state index < -0.39 is 16.6 Å². The Kier molecular flexibility index (Phi) is 7.68. The summed E-state index contributed by atoms with van der Waals surface area (Å²) < 4.78 is 26.4. The summed E-state index contributed by atoms with van der Waals surface area (Å²) in [7, 11) is 0. The van der Waals surface area contributed by atoms with Crippen molar-refractivity contribution in [2.75, 3.05) is 19.6 Å². The van der Waals surface area contributed by atoms with Crippen LogP contribution in [0.1, 0.15) is 104 Å². The van der Waals surface area contributed by atoms with Crippen molar-refractivity contribution in [3.05, 3.63) is 35.1 Å². The Morgan fingerprint density at radius 3 is 2.05 bits per heavy atom. The second-order valence-electron chi connectivity index (χ2n) is 13.4. The minimum absolute atomic E-state index is 0.0151. The Balaban J connectivity index is 1.51. The van der Waals surface area contributed by atoms with Crippen molar-refractivity contribution >= 4 is 12.1 Å². The van der Waals surface area contributed by atoms with Gasteiger partial charge in [-0.1, -0.05) is 18.9 Å². The maximum atomic E-state index is 15.0. The molecule has 6 nitrogen and oxygen atoms in total. The highest BCUT2D eigenvalue weighted by Crippen LogP contribution is 2.44. The van der Waals surface area contributed by atoms with E-state index in [1.165, 1.54) is 6.07 Å². The summed E-state index contributed by atoms with van der Waals surface area (Å²) in [6.07, 6.45) is 6.97.